The zero-order valence-corrected chi connectivity index (χ0v) is 11.4. The number of ether oxygens (including phenoxy) is 1. The SMILES string of the molecule is CCOC(CN)CC(=O)NCC(C)(CC)C(=O)O. The van der Waals surface area contributed by atoms with Gasteiger partial charge >= 0.3 is 5.97 Å². The topological polar surface area (TPSA) is 102 Å². The summed E-state index contributed by atoms with van der Waals surface area (Å²) in [6.45, 7) is 6.10. The van der Waals surface area contributed by atoms with Gasteiger partial charge in [-0.05, 0) is 20.3 Å². The van der Waals surface area contributed by atoms with Crippen molar-refractivity contribution in [3.8, 4) is 0 Å². The molecule has 6 nitrogen and oxygen atoms in total. The molecule has 2 unspecified atom stereocenters. The van der Waals surface area contributed by atoms with Crippen LogP contribution < -0.4 is 11.1 Å². The zero-order chi connectivity index (χ0) is 14.2. The van der Waals surface area contributed by atoms with Crippen molar-refractivity contribution >= 4 is 11.9 Å². The van der Waals surface area contributed by atoms with Crippen molar-refractivity contribution < 1.29 is 19.4 Å². The Morgan fingerprint density at radius 1 is 1.44 bits per heavy atom. The van der Waals surface area contributed by atoms with Crippen molar-refractivity contribution in [2.75, 3.05) is 19.7 Å². The third kappa shape index (κ3) is 5.46. The van der Waals surface area contributed by atoms with Gasteiger partial charge < -0.3 is 20.9 Å². The van der Waals surface area contributed by atoms with Gasteiger partial charge in [-0.15, -0.1) is 0 Å². The lowest BCUT2D eigenvalue weighted by Gasteiger charge is -2.23. The highest BCUT2D eigenvalue weighted by atomic mass is 16.5. The van der Waals surface area contributed by atoms with E-state index < -0.39 is 11.4 Å². The molecule has 2 atom stereocenters. The first-order chi connectivity index (χ1) is 8.39. The van der Waals surface area contributed by atoms with E-state index in [-0.39, 0.29) is 31.5 Å². The van der Waals surface area contributed by atoms with Gasteiger partial charge in [0.25, 0.3) is 0 Å². The van der Waals surface area contributed by atoms with Crippen molar-refractivity contribution in [1.82, 2.24) is 5.32 Å². The normalized spacial score (nSPS) is 15.8. The van der Waals surface area contributed by atoms with Crippen LogP contribution in [0, 0.1) is 5.41 Å². The average Bonchev–Trinajstić information content (AvgIpc) is 2.35. The van der Waals surface area contributed by atoms with Crippen molar-refractivity contribution in [1.29, 1.82) is 0 Å². The molecule has 0 radical (unpaired) electrons. The summed E-state index contributed by atoms with van der Waals surface area (Å²) in [5.41, 5.74) is 4.53. The quantitative estimate of drug-likeness (QED) is 0.555. The molecule has 106 valence electrons. The molecule has 0 spiro atoms. The number of rotatable bonds is 9. The summed E-state index contributed by atoms with van der Waals surface area (Å²) in [5, 5.41) is 11.7. The molecule has 0 saturated carbocycles. The number of hydrogen-bond donors (Lipinski definition) is 3. The molecular formula is C12H24N2O4. The van der Waals surface area contributed by atoms with Crippen LogP contribution in [0.5, 0.6) is 0 Å². The van der Waals surface area contributed by atoms with Gasteiger partial charge in [0.05, 0.1) is 17.9 Å². The lowest BCUT2D eigenvalue weighted by atomic mass is 9.87. The molecule has 0 fully saturated rings. The minimum Gasteiger partial charge on any atom is -0.481 e. The maximum absolute atomic E-state index is 11.6. The van der Waals surface area contributed by atoms with Crippen molar-refractivity contribution in [2.24, 2.45) is 11.1 Å². The predicted molar refractivity (Wildman–Crippen MR) is 68.1 cm³/mol. The molecule has 0 aliphatic rings. The number of carboxylic acids is 1. The van der Waals surface area contributed by atoms with Gasteiger partial charge in [0, 0.05) is 19.7 Å². The van der Waals surface area contributed by atoms with E-state index in [1.807, 2.05) is 6.92 Å². The summed E-state index contributed by atoms with van der Waals surface area (Å²) < 4.78 is 5.27. The first kappa shape index (κ1) is 16.9. The maximum atomic E-state index is 11.6. The van der Waals surface area contributed by atoms with Crippen molar-refractivity contribution in [2.45, 2.75) is 39.7 Å². The fourth-order valence-corrected chi connectivity index (χ4v) is 1.37. The third-order valence-corrected chi connectivity index (χ3v) is 3.05. The number of nitrogens with one attached hydrogen (secondary N) is 1. The number of nitrogens with two attached hydrogens (primary N) is 1. The van der Waals surface area contributed by atoms with E-state index in [4.69, 9.17) is 15.6 Å². The maximum Gasteiger partial charge on any atom is 0.311 e. The molecule has 1 amide bonds. The Balaban J connectivity index is 4.20. The molecule has 0 aromatic carbocycles. The number of amides is 1. The molecule has 0 aliphatic heterocycles. The lowest BCUT2D eigenvalue weighted by Crippen LogP contribution is -2.42. The van der Waals surface area contributed by atoms with Crippen LogP contribution in [0.15, 0.2) is 0 Å². The van der Waals surface area contributed by atoms with E-state index in [0.29, 0.717) is 13.0 Å². The highest BCUT2D eigenvalue weighted by Crippen LogP contribution is 2.19. The van der Waals surface area contributed by atoms with E-state index in [1.165, 1.54) is 0 Å². The second-order valence-electron chi connectivity index (χ2n) is 4.51. The van der Waals surface area contributed by atoms with E-state index in [9.17, 15) is 9.59 Å². The molecule has 0 aromatic heterocycles. The van der Waals surface area contributed by atoms with Gasteiger partial charge in [0.1, 0.15) is 0 Å². The second-order valence-corrected chi connectivity index (χ2v) is 4.51. The van der Waals surface area contributed by atoms with Crippen LogP contribution in [-0.2, 0) is 14.3 Å². The molecule has 0 bridgehead atoms. The number of hydrogen-bond acceptors (Lipinski definition) is 4. The number of carbonyl (C=O) groups is 2. The van der Waals surface area contributed by atoms with Crippen LogP contribution in [0.1, 0.15) is 33.6 Å². The largest absolute Gasteiger partial charge is 0.481 e. The standard InChI is InChI=1S/C12H24N2O4/c1-4-12(3,11(16)17)8-14-10(15)6-9(7-13)18-5-2/h9H,4-8,13H2,1-3H3,(H,14,15)(H,16,17). The minimum atomic E-state index is -0.931. The highest BCUT2D eigenvalue weighted by molar-refractivity contribution is 5.79. The van der Waals surface area contributed by atoms with Crippen molar-refractivity contribution in [3.05, 3.63) is 0 Å². The Morgan fingerprint density at radius 3 is 2.44 bits per heavy atom. The van der Waals surface area contributed by atoms with E-state index >= 15 is 0 Å². The Morgan fingerprint density at radius 2 is 2.06 bits per heavy atom. The highest BCUT2D eigenvalue weighted by Gasteiger charge is 2.31. The van der Waals surface area contributed by atoms with Crippen LogP contribution in [0.4, 0.5) is 0 Å². The van der Waals surface area contributed by atoms with E-state index in [0.717, 1.165) is 0 Å². The van der Waals surface area contributed by atoms with Crippen molar-refractivity contribution in [3.63, 3.8) is 0 Å². The summed E-state index contributed by atoms with van der Waals surface area (Å²) in [6, 6.07) is 0. The summed E-state index contributed by atoms with van der Waals surface area (Å²) in [5.74, 6) is -1.15. The summed E-state index contributed by atoms with van der Waals surface area (Å²) in [7, 11) is 0. The molecule has 4 N–H and O–H groups in total. The molecule has 18 heavy (non-hydrogen) atoms. The molecule has 6 heteroatoms. The molecule has 0 heterocycles. The predicted octanol–water partition coefficient (Wildman–Crippen LogP) is 0.357. The zero-order valence-electron chi connectivity index (χ0n) is 11.4. The van der Waals surface area contributed by atoms with Gasteiger partial charge in [0.2, 0.25) is 5.91 Å². The lowest BCUT2D eigenvalue weighted by molar-refractivity contribution is -0.148. The van der Waals surface area contributed by atoms with Gasteiger partial charge in [0.15, 0.2) is 0 Å². The van der Waals surface area contributed by atoms with Crippen LogP contribution in [0.2, 0.25) is 0 Å². The molecule has 0 saturated heterocycles. The van der Waals surface area contributed by atoms with Gasteiger partial charge in [-0.25, -0.2) is 0 Å². The van der Waals surface area contributed by atoms with Crippen LogP contribution >= 0.6 is 0 Å². The average molecular weight is 260 g/mol. The first-order valence-electron chi connectivity index (χ1n) is 6.21. The van der Waals surface area contributed by atoms with Gasteiger partial charge in [-0.2, -0.15) is 0 Å². The van der Waals surface area contributed by atoms with E-state index in [1.54, 1.807) is 13.8 Å². The number of aliphatic carboxylic acids is 1. The Hall–Kier alpha value is -1.14. The first-order valence-corrected chi connectivity index (χ1v) is 6.21. The smallest absolute Gasteiger partial charge is 0.311 e. The molecule has 0 aliphatic carbocycles. The Labute approximate surface area is 108 Å². The monoisotopic (exact) mass is 260 g/mol. The number of carboxylic acid groups (broad SMARTS) is 1. The fraction of sp³-hybridized carbons (Fsp3) is 0.833. The summed E-state index contributed by atoms with van der Waals surface area (Å²) in [6.07, 6.45) is 0.297. The van der Waals surface area contributed by atoms with Crippen LogP contribution in [-0.4, -0.2) is 42.8 Å². The molecular weight excluding hydrogens is 236 g/mol. The third-order valence-electron chi connectivity index (χ3n) is 3.05. The van der Waals surface area contributed by atoms with Gasteiger partial charge in [-0.1, -0.05) is 6.92 Å². The molecule has 0 rings (SSSR count). The van der Waals surface area contributed by atoms with Gasteiger partial charge in [-0.3, -0.25) is 9.59 Å². The van der Waals surface area contributed by atoms with Crippen LogP contribution in [0.3, 0.4) is 0 Å². The Bertz CT molecular complexity index is 283. The summed E-state index contributed by atoms with van der Waals surface area (Å²) >= 11 is 0. The Kier molecular flexibility index (Phi) is 7.54. The van der Waals surface area contributed by atoms with E-state index in [2.05, 4.69) is 5.32 Å². The fourth-order valence-electron chi connectivity index (χ4n) is 1.37. The number of carbonyl (C=O) groups excluding carboxylic acids is 1. The van der Waals surface area contributed by atoms with Crippen LogP contribution in [0.25, 0.3) is 0 Å². The summed E-state index contributed by atoms with van der Waals surface area (Å²) in [4.78, 5) is 22.7. The second kappa shape index (κ2) is 8.05. The minimum absolute atomic E-state index is 0.112. The molecule has 0 aromatic rings.